The molecule has 0 spiro atoms. The molecule has 3 N–H and O–H groups in total. The highest BCUT2D eigenvalue weighted by Gasteiger charge is 2.14. The third-order valence-electron chi connectivity index (χ3n) is 3.06. The van der Waals surface area contributed by atoms with Gasteiger partial charge in [-0.3, -0.25) is 19.7 Å². The molecule has 0 aliphatic carbocycles. The fraction of sp³-hybridized carbons (Fsp3) is 0.0625. The monoisotopic (exact) mass is 342 g/mol. The Kier molecular flexibility index (Phi) is 5.41. The highest BCUT2D eigenvalue weighted by Crippen LogP contribution is 2.25. The number of phenolic OH excluding ortho intramolecular Hbond substituents is 1. The molecule has 0 fully saturated rings. The van der Waals surface area contributed by atoms with Crippen molar-refractivity contribution in [3.05, 3.63) is 63.7 Å². The van der Waals surface area contributed by atoms with Gasteiger partial charge in [-0.2, -0.15) is 5.10 Å². The zero-order valence-corrected chi connectivity index (χ0v) is 13.1. The molecule has 128 valence electrons. The van der Waals surface area contributed by atoms with Gasteiger partial charge >= 0.3 is 17.5 Å². The molecular formula is C16H14N4O5. The number of anilines is 1. The average Bonchev–Trinajstić information content (AvgIpc) is 2.56. The standard InChI is InChI=1S/C16H14N4O5/c1-10-3-2-4-12(7-10)18-15(22)16(23)19-17-9-11-5-6-14(21)13(8-11)20(24)25/h2-9,21H,1H3,(H,18,22)(H,19,23)/b17-9-. The van der Waals surface area contributed by atoms with Crippen molar-refractivity contribution >= 4 is 29.4 Å². The Hall–Kier alpha value is -3.75. The van der Waals surface area contributed by atoms with Crippen LogP contribution in [0.3, 0.4) is 0 Å². The molecular weight excluding hydrogens is 328 g/mol. The number of benzene rings is 2. The fourth-order valence-corrected chi connectivity index (χ4v) is 1.89. The SMILES string of the molecule is Cc1cccc(NC(=O)C(=O)N/N=C\c2ccc(O)c([N+](=O)[O-])c2)c1. The van der Waals surface area contributed by atoms with E-state index in [1.165, 1.54) is 6.07 Å². The van der Waals surface area contributed by atoms with Gasteiger partial charge in [-0.05, 0) is 36.8 Å². The Balaban J connectivity index is 1.97. The van der Waals surface area contributed by atoms with Crippen LogP contribution >= 0.6 is 0 Å². The minimum Gasteiger partial charge on any atom is -0.502 e. The van der Waals surface area contributed by atoms with Crippen LogP contribution in [0.5, 0.6) is 5.75 Å². The molecule has 9 nitrogen and oxygen atoms in total. The van der Waals surface area contributed by atoms with Crippen molar-refractivity contribution in [1.82, 2.24) is 5.43 Å². The predicted molar refractivity (Wildman–Crippen MR) is 90.3 cm³/mol. The van der Waals surface area contributed by atoms with E-state index in [9.17, 15) is 24.8 Å². The molecule has 0 heterocycles. The van der Waals surface area contributed by atoms with Crippen LogP contribution < -0.4 is 10.7 Å². The predicted octanol–water partition coefficient (Wildman–Crippen LogP) is 1.70. The molecule has 2 rings (SSSR count). The van der Waals surface area contributed by atoms with Crippen molar-refractivity contribution in [2.45, 2.75) is 6.92 Å². The van der Waals surface area contributed by atoms with Gasteiger partial charge < -0.3 is 10.4 Å². The zero-order chi connectivity index (χ0) is 18.4. The second-order valence-electron chi connectivity index (χ2n) is 5.03. The maximum atomic E-state index is 11.7. The second kappa shape index (κ2) is 7.68. The van der Waals surface area contributed by atoms with E-state index in [1.807, 2.05) is 18.4 Å². The number of hydrazone groups is 1. The summed E-state index contributed by atoms with van der Waals surface area (Å²) in [7, 11) is 0. The largest absolute Gasteiger partial charge is 0.502 e. The van der Waals surface area contributed by atoms with Crippen LogP contribution in [0.25, 0.3) is 0 Å². The molecule has 2 aromatic carbocycles. The number of phenols is 1. The first-order valence-corrected chi connectivity index (χ1v) is 7.05. The average molecular weight is 342 g/mol. The third-order valence-corrected chi connectivity index (χ3v) is 3.06. The lowest BCUT2D eigenvalue weighted by Crippen LogP contribution is -2.32. The highest BCUT2D eigenvalue weighted by atomic mass is 16.6. The van der Waals surface area contributed by atoms with E-state index < -0.39 is 28.2 Å². The first-order chi connectivity index (χ1) is 11.9. The summed E-state index contributed by atoms with van der Waals surface area (Å²) in [5, 5.41) is 26.0. The topological polar surface area (TPSA) is 134 Å². The number of hydrogen-bond donors (Lipinski definition) is 3. The van der Waals surface area contributed by atoms with E-state index in [4.69, 9.17) is 0 Å². The number of nitrogens with zero attached hydrogens (tertiary/aromatic N) is 2. The van der Waals surface area contributed by atoms with Crippen LogP contribution in [0.1, 0.15) is 11.1 Å². The minimum atomic E-state index is -0.994. The minimum absolute atomic E-state index is 0.267. The van der Waals surface area contributed by atoms with Crippen molar-refractivity contribution in [3.8, 4) is 5.75 Å². The maximum Gasteiger partial charge on any atom is 0.329 e. The molecule has 0 aliphatic rings. The van der Waals surface area contributed by atoms with Crippen molar-refractivity contribution in [3.63, 3.8) is 0 Å². The molecule has 0 saturated heterocycles. The van der Waals surface area contributed by atoms with Gasteiger partial charge in [0.25, 0.3) is 0 Å². The molecule has 9 heteroatoms. The normalized spacial score (nSPS) is 10.4. The van der Waals surface area contributed by atoms with Gasteiger partial charge in [-0.1, -0.05) is 12.1 Å². The maximum absolute atomic E-state index is 11.7. The number of aromatic hydroxyl groups is 1. The van der Waals surface area contributed by atoms with E-state index in [1.54, 1.807) is 18.2 Å². The van der Waals surface area contributed by atoms with E-state index in [0.29, 0.717) is 5.69 Å². The summed E-state index contributed by atoms with van der Waals surface area (Å²) >= 11 is 0. The van der Waals surface area contributed by atoms with Crippen LogP contribution in [0.4, 0.5) is 11.4 Å². The number of aryl methyl sites for hydroxylation is 1. The Bertz CT molecular complexity index is 863. The Morgan fingerprint density at radius 1 is 1.20 bits per heavy atom. The molecule has 0 saturated carbocycles. The van der Waals surface area contributed by atoms with Gasteiger partial charge in [0.2, 0.25) is 0 Å². The number of amides is 2. The molecule has 25 heavy (non-hydrogen) atoms. The summed E-state index contributed by atoms with van der Waals surface area (Å²) in [4.78, 5) is 33.4. The molecule has 0 aromatic heterocycles. The number of carbonyl (C=O) groups excluding carboxylic acids is 2. The summed E-state index contributed by atoms with van der Waals surface area (Å²) < 4.78 is 0. The lowest BCUT2D eigenvalue weighted by Gasteiger charge is -2.04. The van der Waals surface area contributed by atoms with Gasteiger partial charge in [0.15, 0.2) is 5.75 Å². The highest BCUT2D eigenvalue weighted by molar-refractivity contribution is 6.39. The summed E-state index contributed by atoms with van der Waals surface area (Å²) in [6, 6.07) is 10.5. The molecule has 2 aromatic rings. The number of nitro groups is 1. The Morgan fingerprint density at radius 3 is 2.64 bits per heavy atom. The van der Waals surface area contributed by atoms with E-state index in [2.05, 4.69) is 10.4 Å². The van der Waals surface area contributed by atoms with E-state index >= 15 is 0 Å². The molecule has 0 unspecified atom stereocenters. The molecule has 0 aliphatic heterocycles. The zero-order valence-electron chi connectivity index (χ0n) is 13.1. The summed E-state index contributed by atoms with van der Waals surface area (Å²) in [6.45, 7) is 1.84. The fourth-order valence-electron chi connectivity index (χ4n) is 1.89. The summed E-state index contributed by atoms with van der Waals surface area (Å²) in [6.07, 6.45) is 1.12. The number of carbonyl (C=O) groups is 2. The smallest absolute Gasteiger partial charge is 0.329 e. The number of hydrogen-bond acceptors (Lipinski definition) is 6. The lowest BCUT2D eigenvalue weighted by atomic mass is 10.2. The number of nitro benzene ring substituents is 1. The van der Waals surface area contributed by atoms with Gasteiger partial charge in [0, 0.05) is 17.3 Å². The van der Waals surface area contributed by atoms with Crippen LogP contribution in [0.15, 0.2) is 47.6 Å². The number of rotatable bonds is 4. The molecule has 0 atom stereocenters. The number of nitrogens with one attached hydrogen (secondary N) is 2. The van der Waals surface area contributed by atoms with Crippen LogP contribution in [-0.4, -0.2) is 28.1 Å². The molecule has 0 bridgehead atoms. The Labute approximate surface area is 142 Å². The van der Waals surface area contributed by atoms with Crippen molar-refractivity contribution < 1.29 is 19.6 Å². The van der Waals surface area contributed by atoms with Gasteiger partial charge in [0.1, 0.15) is 0 Å². The van der Waals surface area contributed by atoms with Gasteiger partial charge in [0.05, 0.1) is 11.1 Å². The first-order valence-electron chi connectivity index (χ1n) is 7.05. The third kappa shape index (κ3) is 4.86. The first kappa shape index (κ1) is 17.6. The lowest BCUT2D eigenvalue weighted by molar-refractivity contribution is -0.385. The van der Waals surface area contributed by atoms with Crippen molar-refractivity contribution in [2.24, 2.45) is 5.10 Å². The molecule has 2 amide bonds. The molecule has 0 radical (unpaired) electrons. The second-order valence-corrected chi connectivity index (χ2v) is 5.03. The van der Waals surface area contributed by atoms with Gasteiger partial charge in [-0.25, -0.2) is 5.43 Å². The van der Waals surface area contributed by atoms with Crippen molar-refractivity contribution in [2.75, 3.05) is 5.32 Å². The van der Waals surface area contributed by atoms with Gasteiger partial charge in [-0.15, -0.1) is 0 Å². The van der Waals surface area contributed by atoms with Crippen LogP contribution in [-0.2, 0) is 9.59 Å². The van der Waals surface area contributed by atoms with Crippen molar-refractivity contribution in [1.29, 1.82) is 0 Å². The van der Waals surface area contributed by atoms with Crippen LogP contribution in [0, 0.1) is 17.0 Å². The quantitative estimate of drug-likeness (QED) is 0.336. The van der Waals surface area contributed by atoms with Crippen LogP contribution in [0.2, 0.25) is 0 Å². The summed E-state index contributed by atoms with van der Waals surface area (Å²) in [5.74, 6) is -2.38. The summed E-state index contributed by atoms with van der Waals surface area (Å²) in [5.41, 5.74) is 3.18. The van der Waals surface area contributed by atoms with E-state index in [0.717, 1.165) is 23.9 Å². The Morgan fingerprint density at radius 2 is 1.96 bits per heavy atom. The van der Waals surface area contributed by atoms with E-state index in [-0.39, 0.29) is 5.56 Å².